The lowest BCUT2D eigenvalue weighted by molar-refractivity contribution is -0.0888. The topological polar surface area (TPSA) is 18.5 Å². The zero-order valence-corrected chi connectivity index (χ0v) is 11.4. The fraction of sp³-hybridized carbons (Fsp3) is 0.333. The molecule has 102 valence electrons. The first-order chi connectivity index (χ1) is 9.93. The average Bonchev–Trinajstić information content (AvgIpc) is 2.54. The Morgan fingerprint density at radius 2 is 1.10 bits per heavy atom. The summed E-state index contributed by atoms with van der Waals surface area (Å²) in [4.78, 5) is 0. The van der Waals surface area contributed by atoms with Crippen LogP contribution in [-0.2, 0) is 22.3 Å². The molecule has 2 heteroatoms. The molecule has 0 N–H and O–H groups in total. The van der Waals surface area contributed by atoms with Crippen molar-refractivity contribution >= 4 is 0 Å². The van der Waals surface area contributed by atoms with Crippen molar-refractivity contribution in [2.75, 3.05) is 13.2 Å². The molecule has 0 fully saturated rings. The quantitative estimate of drug-likeness (QED) is 0.785. The van der Waals surface area contributed by atoms with E-state index in [1.807, 2.05) is 0 Å². The predicted octanol–water partition coefficient (Wildman–Crippen LogP) is 3.61. The second-order valence-corrected chi connectivity index (χ2v) is 5.48. The smallest absolute Gasteiger partial charge is 0.113 e. The van der Waals surface area contributed by atoms with Gasteiger partial charge in [0.05, 0.1) is 13.2 Å². The summed E-state index contributed by atoms with van der Waals surface area (Å²) >= 11 is 0. The van der Waals surface area contributed by atoms with Gasteiger partial charge in [0.2, 0.25) is 0 Å². The summed E-state index contributed by atoms with van der Waals surface area (Å²) < 4.78 is 12.2. The fourth-order valence-corrected chi connectivity index (χ4v) is 3.35. The van der Waals surface area contributed by atoms with Crippen molar-refractivity contribution in [3.8, 4) is 0 Å². The van der Waals surface area contributed by atoms with Crippen molar-refractivity contribution in [3.05, 3.63) is 70.8 Å². The molecule has 2 aliphatic heterocycles. The monoisotopic (exact) mass is 266 g/mol. The number of fused-ring (bicyclic) bond motifs is 2. The maximum atomic E-state index is 6.08. The van der Waals surface area contributed by atoms with E-state index in [0.29, 0.717) is 0 Å². The molecule has 2 unspecified atom stereocenters. The molecule has 0 saturated carbocycles. The third kappa shape index (κ3) is 1.96. The van der Waals surface area contributed by atoms with Crippen LogP contribution in [0.1, 0.15) is 34.5 Å². The number of ether oxygens (including phenoxy) is 2. The summed E-state index contributed by atoms with van der Waals surface area (Å²) in [5.74, 6) is 0. The molecule has 2 nitrogen and oxygen atoms in total. The molecule has 2 aliphatic rings. The van der Waals surface area contributed by atoms with E-state index in [1.54, 1.807) is 0 Å². The molecule has 0 saturated heterocycles. The fourth-order valence-electron chi connectivity index (χ4n) is 3.35. The molecule has 20 heavy (non-hydrogen) atoms. The first-order valence-electron chi connectivity index (χ1n) is 7.32. The number of hydrogen-bond donors (Lipinski definition) is 0. The first-order valence-corrected chi connectivity index (χ1v) is 7.32. The van der Waals surface area contributed by atoms with Crippen LogP contribution in [0, 0.1) is 0 Å². The largest absolute Gasteiger partial charge is 0.370 e. The van der Waals surface area contributed by atoms with E-state index >= 15 is 0 Å². The molecule has 0 aromatic heterocycles. The van der Waals surface area contributed by atoms with E-state index in [0.717, 1.165) is 26.1 Å². The van der Waals surface area contributed by atoms with Crippen LogP contribution in [-0.4, -0.2) is 13.2 Å². The Morgan fingerprint density at radius 1 is 0.650 bits per heavy atom. The highest BCUT2D eigenvalue weighted by Crippen LogP contribution is 2.42. The van der Waals surface area contributed by atoms with E-state index < -0.39 is 0 Å². The minimum atomic E-state index is 0.0291. The van der Waals surface area contributed by atoms with Gasteiger partial charge in [-0.25, -0.2) is 0 Å². The van der Waals surface area contributed by atoms with Crippen molar-refractivity contribution in [2.24, 2.45) is 0 Å². The molecular formula is C18H18O2. The third-order valence-electron chi connectivity index (χ3n) is 4.34. The summed E-state index contributed by atoms with van der Waals surface area (Å²) in [5, 5.41) is 0. The SMILES string of the molecule is c1ccc2c(c1)CCOC2C1OCCc2ccccc21. The van der Waals surface area contributed by atoms with E-state index in [4.69, 9.17) is 9.47 Å². The molecule has 4 rings (SSSR count). The minimum Gasteiger partial charge on any atom is -0.370 e. The lowest BCUT2D eigenvalue weighted by Crippen LogP contribution is -2.27. The van der Waals surface area contributed by atoms with Crippen molar-refractivity contribution in [1.82, 2.24) is 0 Å². The van der Waals surface area contributed by atoms with Gasteiger partial charge in [-0.15, -0.1) is 0 Å². The highest BCUT2D eigenvalue weighted by Gasteiger charge is 2.33. The summed E-state index contributed by atoms with van der Waals surface area (Å²) in [6, 6.07) is 17.2. The van der Waals surface area contributed by atoms with Gasteiger partial charge < -0.3 is 9.47 Å². The third-order valence-corrected chi connectivity index (χ3v) is 4.34. The lowest BCUT2D eigenvalue weighted by atomic mass is 9.88. The molecule has 0 aliphatic carbocycles. The Bertz CT molecular complexity index is 565. The van der Waals surface area contributed by atoms with Crippen LogP contribution in [0.4, 0.5) is 0 Å². The maximum absolute atomic E-state index is 6.08. The molecular weight excluding hydrogens is 248 g/mol. The maximum Gasteiger partial charge on any atom is 0.113 e. The van der Waals surface area contributed by atoms with Crippen LogP contribution >= 0.6 is 0 Å². The molecule has 0 amide bonds. The van der Waals surface area contributed by atoms with Crippen molar-refractivity contribution < 1.29 is 9.47 Å². The molecule has 0 radical (unpaired) electrons. The Kier molecular flexibility index (Phi) is 3.06. The number of benzene rings is 2. The molecule has 2 aromatic rings. The number of rotatable bonds is 1. The van der Waals surface area contributed by atoms with E-state index in [9.17, 15) is 0 Å². The highest BCUT2D eigenvalue weighted by atomic mass is 16.5. The number of hydrogen-bond acceptors (Lipinski definition) is 2. The van der Waals surface area contributed by atoms with E-state index in [2.05, 4.69) is 48.5 Å². The van der Waals surface area contributed by atoms with Crippen LogP contribution < -0.4 is 0 Å². The minimum absolute atomic E-state index is 0.0291. The lowest BCUT2D eigenvalue weighted by Gasteiger charge is -2.35. The molecule has 2 heterocycles. The van der Waals surface area contributed by atoms with Gasteiger partial charge in [-0.1, -0.05) is 48.5 Å². The van der Waals surface area contributed by atoms with Gasteiger partial charge in [0.1, 0.15) is 12.2 Å². The van der Waals surface area contributed by atoms with Gasteiger partial charge in [0, 0.05) is 0 Å². The van der Waals surface area contributed by atoms with Crippen LogP contribution in [0.5, 0.6) is 0 Å². The summed E-state index contributed by atoms with van der Waals surface area (Å²) in [5.41, 5.74) is 5.38. The Balaban J connectivity index is 1.77. The van der Waals surface area contributed by atoms with Gasteiger partial charge in [-0.3, -0.25) is 0 Å². The van der Waals surface area contributed by atoms with Crippen molar-refractivity contribution in [3.63, 3.8) is 0 Å². The normalized spacial score (nSPS) is 24.8. The molecule has 2 aromatic carbocycles. The van der Waals surface area contributed by atoms with Crippen LogP contribution in [0.25, 0.3) is 0 Å². The first kappa shape index (κ1) is 12.1. The van der Waals surface area contributed by atoms with E-state index in [-0.39, 0.29) is 12.2 Å². The average molecular weight is 266 g/mol. The van der Waals surface area contributed by atoms with Gasteiger partial charge >= 0.3 is 0 Å². The summed E-state index contributed by atoms with van der Waals surface area (Å²) in [7, 11) is 0. The second-order valence-electron chi connectivity index (χ2n) is 5.48. The van der Waals surface area contributed by atoms with Crippen molar-refractivity contribution in [2.45, 2.75) is 25.0 Å². The van der Waals surface area contributed by atoms with Crippen LogP contribution in [0.3, 0.4) is 0 Å². The van der Waals surface area contributed by atoms with Gasteiger partial charge in [0.15, 0.2) is 0 Å². The van der Waals surface area contributed by atoms with Gasteiger partial charge in [0.25, 0.3) is 0 Å². The van der Waals surface area contributed by atoms with Gasteiger partial charge in [-0.2, -0.15) is 0 Å². The summed E-state index contributed by atoms with van der Waals surface area (Å²) in [6.07, 6.45) is 2.06. The van der Waals surface area contributed by atoms with Crippen molar-refractivity contribution in [1.29, 1.82) is 0 Å². The van der Waals surface area contributed by atoms with Crippen LogP contribution in [0.15, 0.2) is 48.5 Å². The van der Waals surface area contributed by atoms with E-state index in [1.165, 1.54) is 22.3 Å². The molecule has 0 bridgehead atoms. The Hall–Kier alpha value is -1.64. The Labute approximate surface area is 119 Å². The standard InChI is InChI=1S/C18H18O2/c1-3-7-15-13(5-1)9-11-19-17(15)18-16-8-4-2-6-14(16)10-12-20-18/h1-8,17-18H,9-12H2. The molecule has 0 spiro atoms. The van der Waals surface area contributed by atoms with Gasteiger partial charge in [-0.05, 0) is 35.1 Å². The van der Waals surface area contributed by atoms with Crippen LogP contribution in [0.2, 0.25) is 0 Å². The zero-order valence-electron chi connectivity index (χ0n) is 11.4. The Morgan fingerprint density at radius 3 is 1.60 bits per heavy atom. The zero-order chi connectivity index (χ0) is 13.4. The molecule has 2 atom stereocenters. The predicted molar refractivity (Wildman–Crippen MR) is 77.7 cm³/mol. The highest BCUT2D eigenvalue weighted by molar-refractivity contribution is 5.37. The summed E-state index contributed by atoms with van der Waals surface area (Å²) in [6.45, 7) is 1.56. The second kappa shape index (κ2) is 5.04.